The van der Waals surface area contributed by atoms with Crippen LogP contribution in [0.3, 0.4) is 0 Å². The van der Waals surface area contributed by atoms with E-state index in [-0.39, 0.29) is 5.91 Å². The number of hydrogen-bond acceptors (Lipinski definition) is 3. The van der Waals surface area contributed by atoms with Gasteiger partial charge < -0.3 is 19.8 Å². The summed E-state index contributed by atoms with van der Waals surface area (Å²) in [5.74, 6) is 1.14. The summed E-state index contributed by atoms with van der Waals surface area (Å²) in [6.45, 7) is 3.88. The molecule has 0 aliphatic rings. The standard InChI is InChI=1S/C16H20N2O3/c1-16(2,18-15(19)12-6-5-9-17-12)11-7-8-13(20-3)14(10-11)21-4/h5-10,17H,1-4H3,(H,18,19). The maximum atomic E-state index is 12.2. The van der Waals surface area contributed by atoms with E-state index in [9.17, 15) is 4.79 Å². The summed E-state index contributed by atoms with van der Waals surface area (Å²) >= 11 is 0. The van der Waals surface area contributed by atoms with Gasteiger partial charge >= 0.3 is 0 Å². The fraction of sp³-hybridized carbons (Fsp3) is 0.312. The number of carbonyl (C=O) groups is 1. The molecule has 1 aromatic heterocycles. The Bertz CT molecular complexity index is 618. The Morgan fingerprint density at radius 3 is 2.43 bits per heavy atom. The van der Waals surface area contributed by atoms with Crippen LogP contribution in [0.25, 0.3) is 0 Å². The number of carbonyl (C=O) groups excluding carboxylic acids is 1. The van der Waals surface area contributed by atoms with Crippen LogP contribution in [-0.4, -0.2) is 25.1 Å². The quantitative estimate of drug-likeness (QED) is 0.889. The molecule has 2 rings (SSSR count). The fourth-order valence-electron chi connectivity index (χ4n) is 2.12. The van der Waals surface area contributed by atoms with Crippen LogP contribution in [-0.2, 0) is 5.54 Å². The van der Waals surface area contributed by atoms with Gasteiger partial charge in [-0.3, -0.25) is 4.79 Å². The van der Waals surface area contributed by atoms with Gasteiger partial charge in [-0.2, -0.15) is 0 Å². The molecule has 0 atom stereocenters. The van der Waals surface area contributed by atoms with Crippen LogP contribution in [0.5, 0.6) is 11.5 Å². The number of nitrogens with one attached hydrogen (secondary N) is 2. The van der Waals surface area contributed by atoms with Crippen molar-refractivity contribution in [2.75, 3.05) is 14.2 Å². The molecule has 1 aromatic carbocycles. The number of benzene rings is 1. The number of rotatable bonds is 5. The van der Waals surface area contributed by atoms with Gasteiger partial charge in [-0.15, -0.1) is 0 Å². The number of hydrogen-bond donors (Lipinski definition) is 2. The molecule has 21 heavy (non-hydrogen) atoms. The lowest BCUT2D eigenvalue weighted by Crippen LogP contribution is -2.41. The first-order valence-corrected chi connectivity index (χ1v) is 6.66. The Hall–Kier alpha value is -2.43. The van der Waals surface area contributed by atoms with E-state index >= 15 is 0 Å². The van der Waals surface area contributed by atoms with Crippen LogP contribution in [0.4, 0.5) is 0 Å². The number of aromatic amines is 1. The lowest BCUT2D eigenvalue weighted by Gasteiger charge is -2.27. The molecular weight excluding hydrogens is 268 g/mol. The molecule has 1 amide bonds. The molecule has 0 fully saturated rings. The SMILES string of the molecule is COc1ccc(C(C)(C)NC(=O)c2ccc[nH]2)cc1OC. The summed E-state index contributed by atoms with van der Waals surface area (Å²) in [5.41, 5.74) is 0.922. The highest BCUT2D eigenvalue weighted by Crippen LogP contribution is 2.32. The zero-order valence-electron chi connectivity index (χ0n) is 12.7. The normalized spacial score (nSPS) is 11.0. The Balaban J connectivity index is 2.24. The second-order valence-corrected chi connectivity index (χ2v) is 5.23. The number of amides is 1. The van der Waals surface area contributed by atoms with Crippen LogP contribution in [0.2, 0.25) is 0 Å². The van der Waals surface area contributed by atoms with Crippen molar-refractivity contribution in [2.45, 2.75) is 19.4 Å². The Kier molecular flexibility index (Phi) is 4.21. The molecule has 5 nitrogen and oxygen atoms in total. The van der Waals surface area contributed by atoms with Gasteiger partial charge in [0.15, 0.2) is 11.5 Å². The molecule has 0 saturated carbocycles. The van der Waals surface area contributed by atoms with Gasteiger partial charge in [0.05, 0.1) is 19.8 Å². The predicted molar refractivity (Wildman–Crippen MR) is 80.8 cm³/mol. The van der Waals surface area contributed by atoms with E-state index in [1.165, 1.54) is 0 Å². The first kappa shape index (κ1) is 15.0. The van der Waals surface area contributed by atoms with Crippen molar-refractivity contribution in [1.29, 1.82) is 0 Å². The Morgan fingerprint density at radius 1 is 1.14 bits per heavy atom. The fourth-order valence-corrected chi connectivity index (χ4v) is 2.12. The van der Waals surface area contributed by atoms with Gasteiger partial charge in [0.2, 0.25) is 0 Å². The molecule has 0 unspecified atom stereocenters. The van der Waals surface area contributed by atoms with E-state index in [0.29, 0.717) is 17.2 Å². The third-order valence-electron chi connectivity index (χ3n) is 3.37. The molecular formula is C16H20N2O3. The molecule has 2 N–H and O–H groups in total. The third kappa shape index (κ3) is 3.18. The summed E-state index contributed by atoms with van der Waals surface area (Å²) in [4.78, 5) is 15.1. The summed E-state index contributed by atoms with van der Waals surface area (Å²) < 4.78 is 10.5. The molecule has 0 aliphatic heterocycles. The lowest BCUT2D eigenvalue weighted by atomic mass is 9.93. The van der Waals surface area contributed by atoms with E-state index in [0.717, 1.165) is 5.56 Å². The number of H-pyrrole nitrogens is 1. The minimum atomic E-state index is -0.540. The van der Waals surface area contributed by atoms with Gasteiger partial charge in [0.25, 0.3) is 5.91 Å². The van der Waals surface area contributed by atoms with E-state index in [4.69, 9.17) is 9.47 Å². The van der Waals surface area contributed by atoms with Crippen molar-refractivity contribution in [3.63, 3.8) is 0 Å². The maximum Gasteiger partial charge on any atom is 0.268 e. The van der Waals surface area contributed by atoms with Crippen molar-refractivity contribution < 1.29 is 14.3 Å². The highest BCUT2D eigenvalue weighted by atomic mass is 16.5. The zero-order chi connectivity index (χ0) is 15.5. The first-order chi connectivity index (χ1) is 9.97. The van der Waals surface area contributed by atoms with Gasteiger partial charge in [-0.25, -0.2) is 0 Å². The van der Waals surface area contributed by atoms with Crippen LogP contribution < -0.4 is 14.8 Å². The van der Waals surface area contributed by atoms with Gasteiger partial charge in [0.1, 0.15) is 5.69 Å². The average molecular weight is 288 g/mol. The smallest absolute Gasteiger partial charge is 0.268 e. The predicted octanol–water partition coefficient (Wildman–Crippen LogP) is 2.70. The molecule has 5 heteroatoms. The van der Waals surface area contributed by atoms with Crippen LogP contribution in [0.1, 0.15) is 29.9 Å². The van der Waals surface area contributed by atoms with Gasteiger partial charge in [-0.05, 0) is 43.7 Å². The number of aromatic nitrogens is 1. The molecule has 0 saturated heterocycles. The zero-order valence-corrected chi connectivity index (χ0v) is 12.7. The molecule has 1 heterocycles. The van der Waals surface area contributed by atoms with Crippen LogP contribution in [0.15, 0.2) is 36.5 Å². The van der Waals surface area contributed by atoms with Crippen molar-refractivity contribution in [3.05, 3.63) is 47.8 Å². The largest absolute Gasteiger partial charge is 0.493 e. The molecule has 0 aliphatic carbocycles. The van der Waals surface area contributed by atoms with Crippen molar-refractivity contribution in [2.24, 2.45) is 0 Å². The average Bonchev–Trinajstić information content (AvgIpc) is 3.00. The third-order valence-corrected chi connectivity index (χ3v) is 3.37. The number of ether oxygens (including phenoxy) is 2. The summed E-state index contributed by atoms with van der Waals surface area (Å²) in [7, 11) is 3.18. The van der Waals surface area contributed by atoms with Gasteiger partial charge in [0, 0.05) is 6.20 Å². The van der Waals surface area contributed by atoms with Crippen molar-refractivity contribution >= 4 is 5.91 Å². The van der Waals surface area contributed by atoms with E-state index < -0.39 is 5.54 Å². The minimum Gasteiger partial charge on any atom is -0.493 e. The van der Waals surface area contributed by atoms with Gasteiger partial charge in [-0.1, -0.05) is 6.07 Å². The van der Waals surface area contributed by atoms with E-state index in [1.54, 1.807) is 32.5 Å². The highest BCUT2D eigenvalue weighted by molar-refractivity contribution is 5.92. The van der Waals surface area contributed by atoms with Crippen LogP contribution >= 0.6 is 0 Å². The minimum absolute atomic E-state index is 0.153. The summed E-state index contributed by atoms with van der Waals surface area (Å²) in [6.07, 6.45) is 1.72. The van der Waals surface area contributed by atoms with Crippen molar-refractivity contribution in [1.82, 2.24) is 10.3 Å². The molecule has 0 radical (unpaired) electrons. The second-order valence-electron chi connectivity index (χ2n) is 5.23. The number of methoxy groups -OCH3 is 2. The summed E-state index contributed by atoms with van der Waals surface area (Å²) in [5, 5.41) is 3.00. The monoisotopic (exact) mass is 288 g/mol. The highest BCUT2D eigenvalue weighted by Gasteiger charge is 2.25. The molecule has 2 aromatic rings. The second kappa shape index (κ2) is 5.91. The summed E-state index contributed by atoms with van der Waals surface area (Å²) in [6, 6.07) is 9.14. The Labute approximate surface area is 124 Å². The van der Waals surface area contributed by atoms with Crippen molar-refractivity contribution in [3.8, 4) is 11.5 Å². The molecule has 0 bridgehead atoms. The van der Waals surface area contributed by atoms with Crippen LogP contribution in [0, 0.1) is 0 Å². The first-order valence-electron chi connectivity index (χ1n) is 6.66. The van der Waals surface area contributed by atoms with E-state index in [2.05, 4.69) is 10.3 Å². The Morgan fingerprint density at radius 2 is 1.86 bits per heavy atom. The molecule has 112 valence electrons. The topological polar surface area (TPSA) is 63.3 Å². The molecule has 0 spiro atoms. The van der Waals surface area contributed by atoms with E-state index in [1.807, 2.05) is 32.0 Å². The maximum absolute atomic E-state index is 12.2. The lowest BCUT2D eigenvalue weighted by molar-refractivity contribution is 0.0907.